The predicted octanol–water partition coefficient (Wildman–Crippen LogP) is 3.89. The molecule has 2 amide bonds. The number of nitrogens with zero attached hydrogens (tertiary/aromatic N) is 2. The molecule has 0 unspecified atom stereocenters. The van der Waals surface area contributed by atoms with Gasteiger partial charge in [-0.3, -0.25) is 4.79 Å². The van der Waals surface area contributed by atoms with E-state index in [1.807, 2.05) is 57.4 Å². The summed E-state index contributed by atoms with van der Waals surface area (Å²) in [6.07, 6.45) is 5.92. The SMILES string of the molecule is CSc1ccc(/C=C/C(=O)N2CCCN(C(=O)OC(C)(C)C)CC2)cc1. The molecule has 1 fully saturated rings. The minimum absolute atomic E-state index is 0.0232. The van der Waals surface area contributed by atoms with E-state index in [1.54, 1.807) is 27.6 Å². The Kier molecular flexibility index (Phi) is 7.14. The molecule has 142 valence electrons. The van der Waals surface area contributed by atoms with Crippen molar-refractivity contribution in [1.29, 1.82) is 0 Å². The maximum Gasteiger partial charge on any atom is 0.410 e. The van der Waals surface area contributed by atoms with Crippen LogP contribution in [0.4, 0.5) is 4.79 Å². The quantitative estimate of drug-likeness (QED) is 0.593. The van der Waals surface area contributed by atoms with Crippen LogP contribution in [0.2, 0.25) is 0 Å². The lowest BCUT2D eigenvalue weighted by atomic mass is 10.2. The van der Waals surface area contributed by atoms with E-state index < -0.39 is 5.60 Å². The van der Waals surface area contributed by atoms with Gasteiger partial charge in [0.15, 0.2) is 0 Å². The maximum atomic E-state index is 12.5. The van der Waals surface area contributed by atoms with Crippen molar-refractivity contribution < 1.29 is 14.3 Å². The van der Waals surface area contributed by atoms with Gasteiger partial charge in [0, 0.05) is 37.2 Å². The van der Waals surface area contributed by atoms with Crippen molar-refractivity contribution in [2.45, 2.75) is 37.7 Å². The van der Waals surface area contributed by atoms with Crippen LogP contribution in [0.5, 0.6) is 0 Å². The Hall–Kier alpha value is -1.95. The standard InChI is InChI=1S/C20H28N2O3S/c1-20(2,3)25-19(24)22-13-5-12-21(14-15-22)18(23)11-8-16-6-9-17(26-4)10-7-16/h6-11H,5,12-15H2,1-4H3/b11-8+. The van der Waals surface area contributed by atoms with E-state index in [9.17, 15) is 9.59 Å². The van der Waals surface area contributed by atoms with Gasteiger partial charge in [0.05, 0.1) is 0 Å². The van der Waals surface area contributed by atoms with Crippen molar-refractivity contribution in [2.75, 3.05) is 32.4 Å². The molecular formula is C20H28N2O3S. The molecular weight excluding hydrogens is 348 g/mol. The number of carbonyl (C=O) groups excluding carboxylic acids is 2. The molecule has 5 nitrogen and oxygen atoms in total. The minimum Gasteiger partial charge on any atom is -0.444 e. The number of rotatable bonds is 3. The highest BCUT2D eigenvalue weighted by Gasteiger charge is 2.25. The molecule has 1 heterocycles. The summed E-state index contributed by atoms with van der Waals surface area (Å²) in [5.41, 5.74) is 0.495. The van der Waals surface area contributed by atoms with Gasteiger partial charge in [-0.05, 0) is 57.2 Å². The lowest BCUT2D eigenvalue weighted by Crippen LogP contribution is -2.39. The van der Waals surface area contributed by atoms with Crippen molar-refractivity contribution in [3.63, 3.8) is 0 Å². The number of hydrogen-bond donors (Lipinski definition) is 0. The second-order valence-corrected chi connectivity index (χ2v) is 8.13. The number of carbonyl (C=O) groups is 2. The lowest BCUT2D eigenvalue weighted by molar-refractivity contribution is -0.125. The van der Waals surface area contributed by atoms with Crippen molar-refractivity contribution >= 4 is 29.8 Å². The molecule has 0 spiro atoms. The molecule has 6 heteroatoms. The van der Waals surface area contributed by atoms with Crippen LogP contribution in [0.15, 0.2) is 35.2 Å². The number of thioether (sulfide) groups is 1. The van der Waals surface area contributed by atoms with Gasteiger partial charge in [-0.15, -0.1) is 11.8 Å². The summed E-state index contributed by atoms with van der Waals surface area (Å²) in [7, 11) is 0. The zero-order valence-electron chi connectivity index (χ0n) is 16.0. The van der Waals surface area contributed by atoms with Crippen LogP contribution >= 0.6 is 11.8 Å². The van der Waals surface area contributed by atoms with Gasteiger partial charge >= 0.3 is 6.09 Å². The first-order valence-corrected chi connectivity index (χ1v) is 10.1. The Labute approximate surface area is 160 Å². The average Bonchev–Trinajstić information content (AvgIpc) is 2.85. The van der Waals surface area contributed by atoms with Gasteiger partial charge in [0.2, 0.25) is 5.91 Å². The van der Waals surface area contributed by atoms with Crippen molar-refractivity contribution in [1.82, 2.24) is 9.80 Å². The topological polar surface area (TPSA) is 49.9 Å². The molecule has 0 saturated carbocycles. The number of amides is 2. The number of hydrogen-bond acceptors (Lipinski definition) is 4. The van der Waals surface area contributed by atoms with Crippen LogP contribution in [0.3, 0.4) is 0 Å². The number of ether oxygens (including phenoxy) is 1. The van der Waals surface area contributed by atoms with Crippen molar-refractivity contribution in [3.8, 4) is 0 Å². The summed E-state index contributed by atoms with van der Waals surface area (Å²) in [5, 5.41) is 0. The summed E-state index contributed by atoms with van der Waals surface area (Å²) < 4.78 is 5.42. The fourth-order valence-electron chi connectivity index (χ4n) is 2.63. The van der Waals surface area contributed by atoms with Crippen LogP contribution in [-0.2, 0) is 9.53 Å². The third-order valence-electron chi connectivity index (χ3n) is 3.99. The van der Waals surface area contributed by atoms with E-state index in [0.29, 0.717) is 26.2 Å². The minimum atomic E-state index is -0.506. The van der Waals surface area contributed by atoms with Crippen LogP contribution in [0.25, 0.3) is 6.08 Å². The first-order valence-electron chi connectivity index (χ1n) is 8.87. The second-order valence-electron chi connectivity index (χ2n) is 7.25. The maximum absolute atomic E-state index is 12.5. The largest absolute Gasteiger partial charge is 0.444 e. The molecule has 0 aromatic heterocycles. The molecule has 2 rings (SSSR count). The molecule has 1 saturated heterocycles. The van der Waals surface area contributed by atoms with Gasteiger partial charge < -0.3 is 14.5 Å². The van der Waals surface area contributed by atoms with E-state index >= 15 is 0 Å². The fourth-order valence-corrected chi connectivity index (χ4v) is 3.04. The summed E-state index contributed by atoms with van der Waals surface area (Å²) >= 11 is 1.69. The highest BCUT2D eigenvalue weighted by molar-refractivity contribution is 7.98. The molecule has 0 atom stereocenters. The molecule has 1 aromatic rings. The monoisotopic (exact) mass is 376 g/mol. The van der Waals surface area contributed by atoms with Crippen molar-refractivity contribution in [3.05, 3.63) is 35.9 Å². The smallest absolute Gasteiger partial charge is 0.410 e. The summed E-state index contributed by atoms with van der Waals surface area (Å²) in [6, 6.07) is 8.09. The molecule has 1 aromatic carbocycles. The first kappa shape index (κ1) is 20.4. The Bertz CT molecular complexity index is 650. The number of benzene rings is 1. The third kappa shape index (κ3) is 6.41. The normalized spacial score (nSPS) is 15.8. The molecule has 26 heavy (non-hydrogen) atoms. The van der Waals surface area contributed by atoms with Gasteiger partial charge in [0.1, 0.15) is 5.60 Å². The van der Waals surface area contributed by atoms with Crippen LogP contribution in [0, 0.1) is 0 Å². The Balaban J connectivity index is 1.90. The third-order valence-corrected chi connectivity index (χ3v) is 4.74. The summed E-state index contributed by atoms with van der Waals surface area (Å²) in [6.45, 7) is 7.84. The second kappa shape index (κ2) is 9.12. The molecule has 0 N–H and O–H groups in total. The van der Waals surface area contributed by atoms with Crippen LogP contribution in [0.1, 0.15) is 32.8 Å². The molecule has 1 aliphatic heterocycles. The Morgan fingerprint density at radius 2 is 1.65 bits per heavy atom. The molecule has 0 radical (unpaired) electrons. The highest BCUT2D eigenvalue weighted by Crippen LogP contribution is 2.16. The zero-order chi connectivity index (χ0) is 19.2. The van der Waals surface area contributed by atoms with Gasteiger partial charge in [-0.1, -0.05) is 12.1 Å². The van der Waals surface area contributed by atoms with Crippen molar-refractivity contribution in [2.24, 2.45) is 0 Å². The van der Waals surface area contributed by atoms with E-state index in [0.717, 1.165) is 12.0 Å². The molecule has 0 bridgehead atoms. The van der Waals surface area contributed by atoms with E-state index in [4.69, 9.17) is 4.74 Å². The zero-order valence-corrected chi connectivity index (χ0v) is 16.8. The lowest BCUT2D eigenvalue weighted by Gasteiger charge is -2.26. The Morgan fingerprint density at radius 3 is 2.27 bits per heavy atom. The molecule has 1 aliphatic rings. The van der Waals surface area contributed by atoms with Gasteiger partial charge in [0.25, 0.3) is 0 Å². The van der Waals surface area contributed by atoms with Gasteiger partial charge in [-0.2, -0.15) is 0 Å². The highest BCUT2D eigenvalue weighted by atomic mass is 32.2. The average molecular weight is 377 g/mol. The Morgan fingerprint density at radius 1 is 1.04 bits per heavy atom. The van der Waals surface area contributed by atoms with Crippen LogP contribution < -0.4 is 0 Å². The van der Waals surface area contributed by atoms with Gasteiger partial charge in [-0.25, -0.2) is 4.79 Å². The van der Waals surface area contributed by atoms with E-state index in [1.165, 1.54) is 4.90 Å². The summed E-state index contributed by atoms with van der Waals surface area (Å²) in [4.78, 5) is 29.3. The van der Waals surface area contributed by atoms with E-state index in [-0.39, 0.29) is 12.0 Å². The predicted molar refractivity (Wildman–Crippen MR) is 106 cm³/mol. The summed E-state index contributed by atoms with van der Waals surface area (Å²) in [5.74, 6) is -0.0232. The molecule has 0 aliphatic carbocycles. The van der Waals surface area contributed by atoms with E-state index in [2.05, 4.69) is 0 Å². The van der Waals surface area contributed by atoms with Crippen LogP contribution in [-0.4, -0.2) is 59.8 Å². The fraction of sp³-hybridized carbons (Fsp3) is 0.500. The first-order chi connectivity index (χ1) is 12.3.